The molecule has 1 nitrogen and oxygen atoms in total. The SMILES string of the molecule is Cc1cccc(CC(CNC(C)C)C2CCC2)c1. The maximum atomic E-state index is 3.63. The average Bonchev–Trinajstić information content (AvgIpc) is 2.23. The summed E-state index contributed by atoms with van der Waals surface area (Å²) in [6.45, 7) is 7.85. The van der Waals surface area contributed by atoms with Gasteiger partial charge in [0, 0.05) is 6.04 Å². The molecule has 0 aliphatic heterocycles. The number of nitrogens with one attached hydrogen (secondary N) is 1. The van der Waals surface area contributed by atoms with E-state index in [0.29, 0.717) is 6.04 Å². The third kappa shape index (κ3) is 3.84. The normalized spacial score (nSPS) is 17.8. The van der Waals surface area contributed by atoms with Gasteiger partial charge in [0.15, 0.2) is 0 Å². The zero-order valence-corrected chi connectivity index (χ0v) is 12.1. The van der Waals surface area contributed by atoms with Crippen molar-refractivity contribution in [1.29, 1.82) is 0 Å². The molecule has 0 saturated heterocycles. The lowest BCUT2D eigenvalue weighted by Crippen LogP contribution is -2.36. The standard InChI is InChI=1S/C17H27N/c1-13(2)18-12-17(16-8-5-9-16)11-15-7-4-6-14(3)10-15/h4,6-7,10,13,16-18H,5,8-9,11-12H2,1-3H3. The van der Waals surface area contributed by atoms with Crippen LogP contribution in [-0.4, -0.2) is 12.6 Å². The van der Waals surface area contributed by atoms with Gasteiger partial charge < -0.3 is 5.32 Å². The molecular weight excluding hydrogens is 218 g/mol. The molecule has 1 heteroatoms. The van der Waals surface area contributed by atoms with E-state index in [4.69, 9.17) is 0 Å². The topological polar surface area (TPSA) is 12.0 Å². The van der Waals surface area contributed by atoms with E-state index in [1.807, 2.05) is 0 Å². The molecule has 1 fully saturated rings. The molecule has 1 aliphatic carbocycles. The second-order valence-corrected chi connectivity index (χ2v) is 6.21. The second kappa shape index (κ2) is 6.38. The Balaban J connectivity index is 1.95. The van der Waals surface area contributed by atoms with Crippen molar-refractivity contribution in [3.05, 3.63) is 35.4 Å². The van der Waals surface area contributed by atoms with Crippen LogP contribution in [0.5, 0.6) is 0 Å². The Morgan fingerprint density at radius 2 is 2.06 bits per heavy atom. The van der Waals surface area contributed by atoms with Crippen molar-refractivity contribution in [2.24, 2.45) is 11.8 Å². The van der Waals surface area contributed by atoms with Crippen molar-refractivity contribution in [2.75, 3.05) is 6.54 Å². The molecule has 0 amide bonds. The van der Waals surface area contributed by atoms with Crippen molar-refractivity contribution in [3.8, 4) is 0 Å². The number of aryl methyl sites for hydroxylation is 1. The van der Waals surface area contributed by atoms with Gasteiger partial charge in [-0.15, -0.1) is 0 Å². The Kier molecular flexibility index (Phi) is 4.82. The predicted molar refractivity (Wildman–Crippen MR) is 78.9 cm³/mol. The molecule has 1 aliphatic rings. The van der Waals surface area contributed by atoms with Crippen LogP contribution in [0.4, 0.5) is 0 Å². The van der Waals surface area contributed by atoms with E-state index in [0.717, 1.165) is 11.8 Å². The van der Waals surface area contributed by atoms with E-state index < -0.39 is 0 Å². The monoisotopic (exact) mass is 245 g/mol. The number of rotatable bonds is 6. The van der Waals surface area contributed by atoms with Gasteiger partial charge in [0.25, 0.3) is 0 Å². The van der Waals surface area contributed by atoms with E-state index in [9.17, 15) is 0 Å². The Morgan fingerprint density at radius 3 is 2.61 bits per heavy atom. The van der Waals surface area contributed by atoms with E-state index in [2.05, 4.69) is 50.4 Å². The second-order valence-electron chi connectivity index (χ2n) is 6.21. The lowest BCUT2D eigenvalue weighted by Gasteiger charge is -2.34. The molecular formula is C17H27N. The minimum Gasteiger partial charge on any atom is -0.314 e. The summed E-state index contributed by atoms with van der Waals surface area (Å²) in [7, 11) is 0. The van der Waals surface area contributed by atoms with E-state index >= 15 is 0 Å². The summed E-state index contributed by atoms with van der Waals surface area (Å²) in [5.74, 6) is 1.78. The molecule has 2 rings (SSSR count). The maximum absolute atomic E-state index is 3.63. The van der Waals surface area contributed by atoms with Crippen LogP contribution in [0.2, 0.25) is 0 Å². The Hall–Kier alpha value is -0.820. The number of hydrogen-bond acceptors (Lipinski definition) is 1. The third-order valence-electron chi connectivity index (χ3n) is 4.19. The van der Waals surface area contributed by atoms with Gasteiger partial charge in [-0.3, -0.25) is 0 Å². The summed E-state index contributed by atoms with van der Waals surface area (Å²) in [5, 5.41) is 3.63. The zero-order chi connectivity index (χ0) is 13.0. The first-order valence-corrected chi connectivity index (χ1v) is 7.44. The van der Waals surface area contributed by atoms with Crippen LogP contribution in [0.1, 0.15) is 44.2 Å². The molecule has 0 aromatic heterocycles. The van der Waals surface area contributed by atoms with Crippen molar-refractivity contribution in [2.45, 2.75) is 52.5 Å². The molecule has 100 valence electrons. The lowest BCUT2D eigenvalue weighted by molar-refractivity contribution is 0.197. The minimum absolute atomic E-state index is 0.602. The van der Waals surface area contributed by atoms with Crippen LogP contribution in [0.3, 0.4) is 0 Å². The van der Waals surface area contributed by atoms with Gasteiger partial charge in [-0.05, 0) is 37.3 Å². The molecule has 18 heavy (non-hydrogen) atoms. The molecule has 1 atom stereocenters. The van der Waals surface area contributed by atoms with Crippen molar-refractivity contribution < 1.29 is 0 Å². The molecule has 1 aromatic carbocycles. The number of hydrogen-bond donors (Lipinski definition) is 1. The molecule has 1 aromatic rings. The minimum atomic E-state index is 0.602. The van der Waals surface area contributed by atoms with Crippen LogP contribution >= 0.6 is 0 Å². The maximum Gasteiger partial charge on any atom is 0.00104 e. The smallest absolute Gasteiger partial charge is 0.00104 e. The first kappa shape index (κ1) is 13.6. The quantitative estimate of drug-likeness (QED) is 0.800. The van der Waals surface area contributed by atoms with Crippen LogP contribution in [0.25, 0.3) is 0 Å². The highest BCUT2D eigenvalue weighted by molar-refractivity contribution is 5.22. The van der Waals surface area contributed by atoms with Crippen LogP contribution in [0, 0.1) is 18.8 Å². The van der Waals surface area contributed by atoms with Gasteiger partial charge in [0.1, 0.15) is 0 Å². The Morgan fingerprint density at radius 1 is 1.28 bits per heavy atom. The highest BCUT2D eigenvalue weighted by Crippen LogP contribution is 2.35. The summed E-state index contributed by atoms with van der Waals surface area (Å²) < 4.78 is 0. The predicted octanol–water partition coefficient (Wildman–Crippen LogP) is 3.95. The Labute approximate surface area is 112 Å². The fourth-order valence-electron chi connectivity index (χ4n) is 2.85. The summed E-state index contributed by atoms with van der Waals surface area (Å²) in [6.07, 6.45) is 5.56. The highest BCUT2D eigenvalue weighted by Gasteiger charge is 2.27. The fraction of sp³-hybridized carbons (Fsp3) is 0.647. The van der Waals surface area contributed by atoms with Crippen LogP contribution < -0.4 is 5.32 Å². The third-order valence-corrected chi connectivity index (χ3v) is 4.19. The molecule has 1 saturated carbocycles. The Bertz CT molecular complexity index is 366. The fourth-order valence-corrected chi connectivity index (χ4v) is 2.85. The summed E-state index contributed by atoms with van der Waals surface area (Å²) in [6, 6.07) is 9.62. The summed E-state index contributed by atoms with van der Waals surface area (Å²) in [4.78, 5) is 0. The first-order valence-electron chi connectivity index (χ1n) is 7.44. The summed E-state index contributed by atoms with van der Waals surface area (Å²) >= 11 is 0. The van der Waals surface area contributed by atoms with Crippen molar-refractivity contribution >= 4 is 0 Å². The van der Waals surface area contributed by atoms with Crippen molar-refractivity contribution in [3.63, 3.8) is 0 Å². The van der Waals surface area contributed by atoms with Gasteiger partial charge in [-0.2, -0.15) is 0 Å². The van der Waals surface area contributed by atoms with Gasteiger partial charge in [-0.25, -0.2) is 0 Å². The van der Waals surface area contributed by atoms with Gasteiger partial charge in [0.2, 0.25) is 0 Å². The zero-order valence-electron chi connectivity index (χ0n) is 12.1. The van der Waals surface area contributed by atoms with Gasteiger partial charge in [0.05, 0.1) is 0 Å². The van der Waals surface area contributed by atoms with E-state index in [1.54, 1.807) is 0 Å². The van der Waals surface area contributed by atoms with Crippen LogP contribution in [-0.2, 0) is 6.42 Å². The largest absolute Gasteiger partial charge is 0.314 e. The van der Waals surface area contributed by atoms with E-state index in [-0.39, 0.29) is 0 Å². The molecule has 0 radical (unpaired) electrons. The highest BCUT2D eigenvalue weighted by atomic mass is 14.9. The lowest BCUT2D eigenvalue weighted by atomic mass is 9.73. The van der Waals surface area contributed by atoms with Crippen molar-refractivity contribution in [1.82, 2.24) is 5.32 Å². The first-order chi connectivity index (χ1) is 8.65. The van der Waals surface area contributed by atoms with Crippen LogP contribution in [0.15, 0.2) is 24.3 Å². The molecule has 0 heterocycles. The molecule has 0 bridgehead atoms. The van der Waals surface area contributed by atoms with Gasteiger partial charge in [-0.1, -0.05) is 62.9 Å². The average molecular weight is 245 g/mol. The molecule has 1 unspecified atom stereocenters. The molecule has 1 N–H and O–H groups in total. The van der Waals surface area contributed by atoms with Gasteiger partial charge >= 0.3 is 0 Å². The summed E-state index contributed by atoms with van der Waals surface area (Å²) in [5.41, 5.74) is 2.90. The molecule has 0 spiro atoms. The number of benzene rings is 1. The van der Waals surface area contributed by atoms with E-state index in [1.165, 1.54) is 43.4 Å².